The van der Waals surface area contributed by atoms with Crippen LogP contribution in [0.25, 0.3) is 0 Å². The van der Waals surface area contributed by atoms with Crippen LogP contribution in [-0.4, -0.2) is 30.1 Å². The number of carbonyl (C=O) groups excluding carboxylic acids is 1. The number of nitrogens with two attached hydrogens (primary N) is 1. The van der Waals surface area contributed by atoms with Gasteiger partial charge in [-0.1, -0.05) is 12.1 Å². The molecule has 2 N–H and O–H groups in total. The van der Waals surface area contributed by atoms with Crippen molar-refractivity contribution in [2.24, 2.45) is 5.73 Å². The van der Waals surface area contributed by atoms with E-state index in [-0.39, 0.29) is 6.10 Å². The van der Waals surface area contributed by atoms with Crippen LogP contribution in [-0.2, 0) is 0 Å². The highest BCUT2D eigenvalue weighted by atomic mass is 16.5. The van der Waals surface area contributed by atoms with Gasteiger partial charge in [-0.15, -0.1) is 0 Å². The molecular formula is C19H23N3O2. The second-order valence-electron chi connectivity index (χ2n) is 6.33. The number of ether oxygens (including phenoxy) is 1. The molecule has 0 saturated carbocycles. The van der Waals surface area contributed by atoms with E-state index in [0.29, 0.717) is 5.56 Å². The normalized spacial score (nSPS) is 15.3. The van der Waals surface area contributed by atoms with Crippen molar-refractivity contribution < 1.29 is 9.53 Å². The van der Waals surface area contributed by atoms with Crippen LogP contribution in [0.5, 0.6) is 5.75 Å². The van der Waals surface area contributed by atoms with Crippen molar-refractivity contribution >= 4 is 11.6 Å². The third-order valence-electron chi connectivity index (χ3n) is 4.48. The van der Waals surface area contributed by atoms with Gasteiger partial charge in [0.05, 0.1) is 11.3 Å². The van der Waals surface area contributed by atoms with E-state index in [1.165, 1.54) is 11.8 Å². The molecule has 0 bridgehead atoms. The predicted octanol–water partition coefficient (Wildman–Crippen LogP) is 2.85. The second kappa shape index (κ2) is 6.91. The molecule has 0 aliphatic carbocycles. The van der Waals surface area contributed by atoms with Gasteiger partial charge in [-0.05, 0) is 37.1 Å². The number of carbonyl (C=O) groups is 1. The molecule has 5 heteroatoms. The van der Waals surface area contributed by atoms with Gasteiger partial charge >= 0.3 is 0 Å². The first-order chi connectivity index (χ1) is 11.5. The zero-order valence-corrected chi connectivity index (χ0v) is 14.2. The average molecular weight is 325 g/mol. The highest BCUT2D eigenvalue weighted by molar-refractivity contribution is 5.98. The van der Waals surface area contributed by atoms with E-state index in [2.05, 4.69) is 41.9 Å². The van der Waals surface area contributed by atoms with Gasteiger partial charge < -0.3 is 15.4 Å². The molecule has 1 aromatic heterocycles. The van der Waals surface area contributed by atoms with Crippen LogP contribution in [0.3, 0.4) is 0 Å². The van der Waals surface area contributed by atoms with Gasteiger partial charge in [-0.3, -0.25) is 9.78 Å². The molecule has 2 heterocycles. The van der Waals surface area contributed by atoms with E-state index in [1.807, 2.05) is 6.07 Å². The first-order valence-corrected chi connectivity index (χ1v) is 8.27. The molecule has 5 nitrogen and oxygen atoms in total. The topological polar surface area (TPSA) is 68.4 Å². The molecule has 1 saturated heterocycles. The number of benzene rings is 1. The van der Waals surface area contributed by atoms with Gasteiger partial charge in [0.25, 0.3) is 5.91 Å². The van der Waals surface area contributed by atoms with Gasteiger partial charge in [0.1, 0.15) is 11.9 Å². The van der Waals surface area contributed by atoms with Crippen LogP contribution in [0.2, 0.25) is 0 Å². The van der Waals surface area contributed by atoms with Crippen molar-refractivity contribution in [3.8, 4) is 5.75 Å². The lowest BCUT2D eigenvalue weighted by Gasteiger charge is -2.34. The number of aryl methyl sites for hydroxylation is 2. The van der Waals surface area contributed by atoms with Crippen molar-refractivity contribution in [3.05, 3.63) is 53.3 Å². The van der Waals surface area contributed by atoms with E-state index in [9.17, 15) is 4.79 Å². The van der Waals surface area contributed by atoms with Gasteiger partial charge in [0, 0.05) is 38.3 Å². The minimum Gasteiger partial charge on any atom is -0.490 e. The number of primary amides is 1. The summed E-state index contributed by atoms with van der Waals surface area (Å²) in [6.45, 7) is 5.81. The molecule has 126 valence electrons. The van der Waals surface area contributed by atoms with Crippen LogP contribution in [0, 0.1) is 13.8 Å². The van der Waals surface area contributed by atoms with Crippen molar-refractivity contribution in [1.29, 1.82) is 0 Å². The number of amides is 1. The minimum absolute atomic E-state index is 0.195. The molecule has 3 rings (SSSR count). The van der Waals surface area contributed by atoms with E-state index in [4.69, 9.17) is 10.5 Å². The maximum atomic E-state index is 11.6. The second-order valence-corrected chi connectivity index (χ2v) is 6.33. The minimum atomic E-state index is -0.438. The lowest BCUT2D eigenvalue weighted by molar-refractivity contribution is 0.1000. The molecule has 24 heavy (non-hydrogen) atoms. The highest BCUT2D eigenvalue weighted by Gasteiger charge is 2.23. The van der Waals surface area contributed by atoms with E-state index < -0.39 is 5.91 Å². The third kappa shape index (κ3) is 3.50. The molecule has 1 aliphatic rings. The average Bonchev–Trinajstić information content (AvgIpc) is 2.59. The molecule has 1 fully saturated rings. The summed E-state index contributed by atoms with van der Waals surface area (Å²) >= 11 is 0. The van der Waals surface area contributed by atoms with E-state index >= 15 is 0 Å². The summed E-state index contributed by atoms with van der Waals surface area (Å²) in [5.41, 5.74) is 9.16. The Morgan fingerprint density at radius 2 is 2.00 bits per heavy atom. The number of pyridine rings is 1. The SMILES string of the molecule is Cc1ccc(C)c(OC2CCN(c3ccncc3C(N)=O)CC2)c1. The van der Waals surface area contributed by atoms with Crippen molar-refractivity contribution in [2.75, 3.05) is 18.0 Å². The molecule has 1 aliphatic heterocycles. The fourth-order valence-electron chi connectivity index (χ4n) is 3.08. The van der Waals surface area contributed by atoms with Gasteiger partial charge in [-0.25, -0.2) is 0 Å². The summed E-state index contributed by atoms with van der Waals surface area (Å²) in [6.07, 6.45) is 5.25. The summed E-state index contributed by atoms with van der Waals surface area (Å²) in [6, 6.07) is 8.14. The monoisotopic (exact) mass is 325 g/mol. The van der Waals surface area contributed by atoms with E-state index in [0.717, 1.165) is 42.9 Å². The Morgan fingerprint density at radius 3 is 2.71 bits per heavy atom. The molecule has 2 aromatic rings. The number of rotatable bonds is 4. The molecule has 0 spiro atoms. The molecule has 0 radical (unpaired) electrons. The van der Waals surface area contributed by atoms with Crippen LogP contribution >= 0.6 is 0 Å². The lowest BCUT2D eigenvalue weighted by Crippen LogP contribution is -2.39. The Morgan fingerprint density at radius 1 is 1.25 bits per heavy atom. The fraction of sp³-hybridized carbons (Fsp3) is 0.368. The maximum Gasteiger partial charge on any atom is 0.252 e. The molecule has 0 atom stereocenters. The van der Waals surface area contributed by atoms with Crippen LogP contribution in [0.15, 0.2) is 36.7 Å². The first kappa shape index (κ1) is 16.3. The molecular weight excluding hydrogens is 302 g/mol. The third-order valence-corrected chi connectivity index (χ3v) is 4.48. The molecule has 1 amide bonds. The largest absolute Gasteiger partial charge is 0.490 e. The van der Waals surface area contributed by atoms with Crippen LogP contribution in [0.1, 0.15) is 34.3 Å². The fourth-order valence-corrected chi connectivity index (χ4v) is 3.08. The summed E-state index contributed by atoms with van der Waals surface area (Å²) in [5, 5.41) is 0. The number of hydrogen-bond donors (Lipinski definition) is 1. The first-order valence-electron chi connectivity index (χ1n) is 8.27. The number of hydrogen-bond acceptors (Lipinski definition) is 4. The summed E-state index contributed by atoms with van der Waals surface area (Å²) in [5.74, 6) is 0.530. The van der Waals surface area contributed by atoms with Gasteiger partial charge in [0.2, 0.25) is 0 Å². The van der Waals surface area contributed by atoms with Crippen LogP contribution in [0.4, 0.5) is 5.69 Å². The van der Waals surface area contributed by atoms with Gasteiger partial charge in [0.15, 0.2) is 0 Å². The quantitative estimate of drug-likeness (QED) is 0.938. The summed E-state index contributed by atoms with van der Waals surface area (Å²) < 4.78 is 6.20. The standard InChI is InChI=1S/C19H23N3O2/c1-13-3-4-14(2)18(11-13)24-15-6-9-22(10-7-15)17-5-8-21-12-16(17)19(20)23/h3-5,8,11-12,15H,6-7,9-10H2,1-2H3,(H2,20,23). The number of anilines is 1. The van der Waals surface area contributed by atoms with Crippen molar-refractivity contribution in [1.82, 2.24) is 4.98 Å². The Labute approximate surface area is 142 Å². The Bertz CT molecular complexity index is 737. The smallest absolute Gasteiger partial charge is 0.252 e. The molecule has 1 aromatic carbocycles. The number of nitrogens with zero attached hydrogens (tertiary/aromatic N) is 2. The zero-order valence-electron chi connectivity index (χ0n) is 14.2. The Balaban J connectivity index is 1.66. The number of aromatic nitrogens is 1. The maximum absolute atomic E-state index is 11.6. The highest BCUT2D eigenvalue weighted by Crippen LogP contribution is 2.27. The van der Waals surface area contributed by atoms with E-state index in [1.54, 1.807) is 6.20 Å². The predicted molar refractivity (Wildman–Crippen MR) is 94.5 cm³/mol. The molecule has 0 unspecified atom stereocenters. The van der Waals surface area contributed by atoms with Crippen LogP contribution < -0.4 is 15.4 Å². The summed E-state index contributed by atoms with van der Waals surface area (Å²) in [7, 11) is 0. The zero-order chi connectivity index (χ0) is 17.1. The summed E-state index contributed by atoms with van der Waals surface area (Å²) in [4.78, 5) is 17.8. The van der Waals surface area contributed by atoms with Crippen molar-refractivity contribution in [3.63, 3.8) is 0 Å². The Hall–Kier alpha value is -2.56. The lowest BCUT2D eigenvalue weighted by atomic mass is 10.0. The number of piperidine rings is 1. The van der Waals surface area contributed by atoms with Gasteiger partial charge in [-0.2, -0.15) is 0 Å². The van der Waals surface area contributed by atoms with Crippen molar-refractivity contribution in [2.45, 2.75) is 32.8 Å². The Kier molecular flexibility index (Phi) is 4.69.